The van der Waals surface area contributed by atoms with E-state index in [2.05, 4.69) is 15.2 Å². The van der Waals surface area contributed by atoms with Crippen LogP contribution < -0.4 is 0 Å². The molecule has 4 rings (SSSR count). The van der Waals surface area contributed by atoms with Crippen LogP contribution in [0.2, 0.25) is 0 Å². The minimum absolute atomic E-state index is 0.174. The van der Waals surface area contributed by atoms with E-state index >= 15 is 0 Å². The number of nitrogens with zero attached hydrogens (tertiary/aromatic N) is 3. The summed E-state index contributed by atoms with van der Waals surface area (Å²) in [7, 11) is 0. The van der Waals surface area contributed by atoms with Gasteiger partial charge in [0.25, 0.3) is 5.91 Å². The Morgan fingerprint density at radius 3 is 2.95 bits per heavy atom. The first-order valence-electron chi connectivity index (χ1n) is 6.34. The van der Waals surface area contributed by atoms with E-state index in [4.69, 9.17) is 0 Å². The van der Waals surface area contributed by atoms with Crippen molar-refractivity contribution in [1.82, 2.24) is 19.7 Å². The van der Waals surface area contributed by atoms with E-state index in [0.29, 0.717) is 16.4 Å². The molecule has 0 saturated carbocycles. The number of imidazole rings is 1. The third-order valence-electron chi connectivity index (χ3n) is 3.40. The maximum atomic E-state index is 13.4. The zero-order valence-electron chi connectivity index (χ0n) is 10.7. The predicted molar refractivity (Wildman–Crippen MR) is 75.5 cm³/mol. The van der Waals surface area contributed by atoms with Crippen molar-refractivity contribution < 1.29 is 9.18 Å². The molecule has 0 unspecified atom stereocenters. The Kier molecular flexibility index (Phi) is 2.38. The zero-order valence-corrected chi connectivity index (χ0v) is 10.7. The molecule has 0 atom stereocenters. The summed E-state index contributed by atoms with van der Waals surface area (Å²) in [6.07, 6.45) is 1.45. The first-order valence-corrected chi connectivity index (χ1v) is 6.34. The Hall–Kier alpha value is -3.02. The Morgan fingerprint density at radius 2 is 2.05 bits per heavy atom. The molecule has 102 valence electrons. The van der Waals surface area contributed by atoms with Gasteiger partial charge in [-0.3, -0.25) is 14.5 Å². The van der Waals surface area contributed by atoms with Crippen molar-refractivity contribution in [2.75, 3.05) is 0 Å². The lowest BCUT2D eigenvalue weighted by molar-refractivity contribution is 0.0961. The van der Waals surface area contributed by atoms with Gasteiger partial charge in [0.05, 0.1) is 16.6 Å². The molecular formula is C15H9FN4O. The molecule has 0 bridgehead atoms. The lowest BCUT2D eigenvalue weighted by Gasteiger charge is -2.00. The van der Waals surface area contributed by atoms with Crippen LogP contribution in [-0.2, 0) is 0 Å². The molecule has 0 aliphatic heterocycles. The Bertz CT molecular complexity index is 986. The molecule has 0 radical (unpaired) electrons. The standard InChI is InChI=1S/C15H9FN4O/c16-9-5-6-11-10(7-9)14(19-18-11)15(21)20-8-17-12-3-1-2-4-13(12)20/h1-8H,(H,18,19). The summed E-state index contributed by atoms with van der Waals surface area (Å²) < 4.78 is 14.8. The summed E-state index contributed by atoms with van der Waals surface area (Å²) in [5.74, 6) is -0.756. The van der Waals surface area contributed by atoms with Crippen LogP contribution in [-0.4, -0.2) is 25.7 Å². The number of H-pyrrole nitrogens is 1. The van der Waals surface area contributed by atoms with E-state index in [1.54, 1.807) is 12.1 Å². The van der Waals surface area contributed by atoms with Crippen LogP contribution >= 0.6 is 0 Å². The number of para-hydroxylation sites is 2. The molecule has 2 aromatic carbocycles. The molecule has 2 aromatic heterocycles. The van der Waals surface area contributed by atoms with Crippen molar-refractivity contribution in [2.24, 2.45) is 0 Å². The fourth-order valence-electron chi connectivity index (χ4n) is 2.38. The number of rotatable bonds is 1. The Morgan fingerprint density at radius 1 is 1.19 bits per heavy atom. The van der Waals surface area contributed by atoms with Gasteiger partial charge in [-0.1, -0.05) is 12.1 Å². The quantitative estimate of drug-likeness (QED) is 0.583. The fraction of sp³-hybridized carbons (Fsp3) is 0. The van der Waals surface area contributed by atoms with Gasteiger partial charge in [0.1, 0.15) is 12.1 Å². The van der Waals surface area contributed by atoms with E-state index in [0.717, 1.165) is 5.52 Å². The maximum absolute atomic E-state index is 13.4. The SMILES string of the molecule is O=C(c1n[nH]c2ccc(F)cc12)n1cnc2ccccc21. The maximum Gasteiger partial charge on any atom is 0.284 e. The number of aromatic nitrogens is 4. The molecule has 0 spiro atoms. The van der Waals surface area contributed by atoms with Gasteiger partial charge < -0.3 is 0 Å². The number of fused-ring (bicyclic) bond motifs is 2. The molecule has 21 heavy (non-hydrogen) atoms. The fourth-order valence-corrected chi connectivity index (χ4v) is 2.38. The van der Waals surface area contributed by atoms with Crippen molar-refractivity contribution in [3.63, 3.8) is 0 Å². The summed E-state index contributed by atoms with van der Waals surface area (Å²) in [5.41, 5.74) is 2.20. The molecular weight excluding hydrogens is 271 g/mol. The third kappa shape index (κ3) is 1.73. The summed E-state index contributed by atoms with van der Waals surface area (Å²) in [5, 5.41) is 7.20. The summed E-state index contributed by atoms with van der Waals surface area (Å²) in [6, 6.07) is 11.5. The highest BCUT2D eigenvalue weighted by molar-refractivity contribution is 6.08. The molecule has 0 aliphatic rings. The summed E-state index contributed by atoms with van der Waals surface area (Å²) in [4.78, 5) is 16.8. The number of hydrogen-bond acceptors (Lipinski definition) is 3. The molecule has 5 nitrogen and oxygen atoms in total. The Labute approximate surface area is 118 Å². The van der Waals surface area contributed by atoms with Crippen molar-refractivity contribution in [3.05, 3.63) is 60.3 Å². The number of aromatic amines is 1. The topological polar surface area (TPSA) is 63.6 Å². The van der Waals surface area contributed by atoms with E-state index in [1.165, 1.54) is 23.0 Å². The van der Waals surface area contributed by atoms with Gasteiger partial charge in [0, 0.05) is 5.39 Å². The van der Waals surface area contributed by atoms with Crippen LogP contribution in [0.4, 0.5) is 4.39 Å². The van der Waals surface area contributed by atoms with Crippen LogP contribution in [0.1, 0.15) is 10.5 Å². The molecule has 0 saturated heterocycles. The summed E-state index contributed by atoms with van der Waals surface area (Å²) in [6.45, 7) is 0. The van der Waals surface area contributed by atoms with Crippen molar-refractivity contribution >= 4 is 27.8 Å². The average molecular weight is 280 g/mol. The Balaban J connectivity index is 1.92. The number of halogens is 1. The highest BCUT2D eigenvalue weighted by Gasteiger charge is 2.18. The normalized spacial score (nSPS) is 11.3. The average Bonchev–Trinajstić information content (AvgIpc) is 3.10. The van der Waals surface area contributed by atoms with Gasteiger partial charge in [0.15, 0.2) is 5.69 Å². The second-order valence-electron chi connectivity index (χ2n) is 4.67. The molecule has 0 aliphatic carbocycles. The number of carbonyl (C=O) groups excluding carboxylic acids is 1. The molecule has 1 N–H and O–H groups in total. The summed E-state index contributed by atoms with van der Waals surface area (Å²) >= 11 is 0. The van der Waals surface area contributed by atoms with Crippen LogP contribution in [0.15, 0.2) is 48.8 Å². The third-order valence-corrected chi connectivity index (χ3v) is 3.40. The number of hydrogen-bond donors (Lipinski definition) is 1. The number of nitrogens with one attached hydrogen (secondary N) is 1. The highest BCUT2D eigenvalue weighted by atomic mass is 19.1. The van der Waals surface area contributed by atoms with Crippen molar-refractivity contribution in [3.8, 4) is 0 Å². The minimum Gasteiger partial charge on any atom is -0.277 e. The number of benzene rings is 2. The highest BCUT2D eigenvalue weighted by Crippen LogP contribution is 2.20. The largest absolute Gasteiger partial charge is 0.284 e. The van der Waals surface area contributed by atoms with E-state index in [-0.39, 0.29) is 11.6 Å². The van der Waals surface area contributed by atoms with Gasteiger partial charge in [-0.2, -0.15) is 5.10 Å². The van der Waals surface area contributed by atoms with Crippen LogP contribution in [0.25, 0.3) is 21.9 Å². The monoisotopic (exact) mass is 280 g/mol. The predicted octanol–water partition coefficient (Wildman–Crippen LogP) is 2.74. The molecule has 0 fully saturated rings. The smallest absolute Gasteiger partial charge is 0.277 e. The van der Waals surface area contributed by atoms with E-state index < -0.39 is 5.82 Å². The van der Waals surface area contributed by atoms with E-state index in [1.807, 2.05) is 18.2 Å². The number of carbonyl (C=O) groups is 1. The van der Waals surface area contributed by atoms with Crippen LogP contribution in [0.5, 0.6) is 0 Å². The van der Waals surface area contributed by atoms with Crippen LogP contribution in [0, 0.1) is 5.82 Å². The van der Waals surface area contributed by atoms with Gasteiger partial charge >= 0.3 is 0 Å². The molecule has 4 aromatic rings. The van der Waals surface area contributed by atoms with Crippen molar-refractivity contribution in [2.45, 2.75) is 0 Å². The van der Waals surface area contributed by atoms with Gasteiger partial charge in [-0.05, 0) is 30.3 Å². The van der Waals surface area contributed by atoms with Gasteiger partial charge in [-0.25, -0.2) is 9.37 Å². The second-order valence-corrected chi connectivity index (χ2v) is 4.67. The van der Waals surface area contributed by atoms with Gasteiger partial charge in [0.2, 0.25) is 0 Å². The second kappa shape index (κ2) is 4.24. The molecule has 0 amide bonds. The molecule has 6 heteroatoms. The first kappa shape index (κ1) is 11.8. The van der Waals surface area contributed by atoms with E-state index in [9.17, 15) is 9.18 Å². The lowest BCUT2D eigenvalue weighted by atomic mass is 10.2. The zero-order chi connectivity index (χ0) is 14.4. The minimum atomic E-state index is -0.409. The van der Waals surface area contributed by atoms with Gasteiger partial charge in [-0.15, -0.1) is 0 Å². The molecule has 2 heterocycles. The first-order chi connectivity index (χ1) is 10.2. The van der Waals surface area contributed by atoms with Crippen molar-refractivity contribution in [1.29, 1.82) is 0 Å². The van der Waals surface area contributed by atoms with Crippen LogP contribution in [0.3, 0.4) is 0 Å². The lowest BCUT2D eigenvalue weighted by Crippen LogP contribution is -2.11.